The lowest BCUT2D eigenvalue weighted by atomic mass is 9.34. The first-order valence-corrected chi connectivity index (χ1v) is 16.7. The van der Waals surface area contributed by atoms with Gasteiger partial charge in [0.15, 0.2) is 11.5 Å². The summed E-state index contributed by atoms with van der Waals surface area (Å²) < 4.78 is 11.9. The Morgan fingerprint density at radius 1 is 0.977 bits per heavy atom. The summed E-state index contributed by atoms with van der Waals surface area (Å²) >= 11 is 0. The van der Waals surface area contributed by atoms with Crippen LogP contribution in [0, 0.1) is 34.5 Å². The highest BCUT2D eigenvalue weighted by molar-refractivity contribution is 5.76. The molecule has 43 heavy (non-hydrogen) atoms. The molecule has 2 aromatic rings. The van der Waals surface area contributed by atoms with Crippen LogP contribution in [0.2, 0.25) is 0 Å². The summed E-state index contributed by atoms with van der Waals surface area (Å²) in [5.74, 6) is 1.52. The number of fused-ring (bicyclic) bond motifs is 7. The number of carbonyl (C=O) groups excluding carboxylic acids is 1. The molecule has 3 fully saturated rings. The average Bonchev–Trinajstić information content (AvgIpc) is 2.97. The van der Waals surface area contributed by atoms with E-state index >= 15 is 0 Å². The van der Waals surface area contributed by atoms with Crippen molar-refractivity contribution >= 4 is 5.97 Å². The Balaban J connectivity index is 1.39. The lowest BCUT2D eigenvalue weighted by molar-refractivity contribution is -0.181. The zero-order valence-corrected chi connectivity index (χ0v) is 27.7. The van der Waals surface area contributed by atoms with Gasteiger partial charge in [-0.25, -0.2) is 0 Å². The Hall–Kier alpha value is -2.75. The Morgan fingerprint density at radius 3 is 2.37 bits per heavy atom. The fourth-order valence-corrected chi connectivity index (χ4v) is 10.4. The fraction of sp³-hybridized carbons (Fsp3) is 0.615. The van der Waals surface area contributed by atoms with Crippen molar-refractivity contribution in [2.75, 3.05) is 6.61 Å². The van der Waals surface area contributed by atoms with Crippen LogP contribution in [-0.2, 0) is 21.6 Å². The molecule has 2 aromatic carbocycles. The van der Waals surface area contributed by atoms with Crippen molar-refractivity contribution in [2.24, 2.45) is 27.6 Å². The Bertz CT molecular complexity index is 1460. The van der Waals surface area contributed by atoms with Crippen molar-refractivity contribution in [3.8, 4) is 11.5 Å². The zero-order valence-electron chi connectivity index (χ0n) is 27.7. The van der Waals surface area contributed by atoms with Crippen LogP contribution in [0.15, 0.2) is 48.0 Å². The number of carbonyl (C=O) groups is 1. The van der Waals surface area contributed by atoms with Gasteiger partial charge in [0.2, 0.25) is 0 Å². The largest absolute Gasteiger partial charge is 0.504 e. The standard InChI is InChI=1S/C39H52O4/c1-9-42-34(41)36(5)16-15-35(4)17-19-38(7)30-21-25(2)32-26(3)33(43-24-27-13-11-10-12-14-27)29(40)22-28(32)37(30,6)18-20-39(38,8)31(35)23-36/h10-14,21-22,25,31,40H,9,15-20,23-24H2,1-8H3/t25?,31-,35-,36-,37+,38-,39+/m1/s1. The molecule has 0 radical (unpaired) electrons. The average molecular weight is 585 g/mol. The van der Waals surface area contributed by atoms with E-state index in [2.05, 4.69) is 66.7 Å². The quantitative estimate of drug-likeness (QED) is 0.281. The van der Waals surface area contributed by atoms with Gasteiger partial charge in [0, 0.05) is 5.41 Å². The van der Waals surface area contributed by atoms with Gasteiger partial charge >= 0.3 is 5.97 Å². The van der Waals surface area contributed by atoms with Gasteiger partial charge in [0.05, 0.1) is 12.0 Å². The number of ether oxygens (including phenoxy) is 2. The number of phenolic OH excluding ortho intramolecular Hbond substituents is 1. The summed E-state index contributed by atoms with van der Waals surface area (Å²) in [6, 6.07) is 12.2. The molecule has 0 amide bonds. The lowest BCUT2D eigenvalue weighted by Crippen LogP contribution is -2.62. The van der Waals surface area contributed by atoms with Gasteiger partial charge in [-0.3, -0.25) is 4.79 Å². The SMILES string of the molecule is CCOC(=O)[C@]1(C)CC[C@]2(C)CC[C@]3(C)C4=CC(C)c5c(cc(O)c(OCc6ccccc6)c5C)[C@]4(C)CC[C@@]3(C)[C@@H]2C1. The van der Waals surface area contributed by atoms with E-state index < -0.39 is 5.41 Å². The van der Waals surface area contributed by atoms with Crippen LogP contribution in [0.4, 0.5) is 0 Å². The van der Waals surface area contributed by atoms with E-state index in [0.29, 0.717) is 24.9 Å². The second-order valence-electron chi connectivity index (χ2n) is 15.7. The van der Waals surface area contributed by atoms with Crippen LogP contribution in [0.1, 0.15) is 122 Å². The number of rotatable bonds is 5. The topological polar surface area (TPSA) is 55.8 Å². The molecule has 1 unspecified atom stereocenters. The van der Waals surface area contributed by atoms with Gasteiger partial charge in [-0.05, 0) is 122 Å². The molecule has 0 bridgehead atoms. The smallest absolute Gasteiger partial charge is 0.311 e. The van der Waals surface area contributed by atoms with E-state index in [-0.39, 0.29) is 39.3 Å². The van der Waals surface area contributed by atoms with Crippen LogP contribution in [0.3, 0.4) is 0 Å². The molecule has 7 atom stereocenters. The number of phenols is 1. The Kier molecular flexibility index (Phi) is 7.14. The second kappa shape index (κ2) is 10.1. The third-order valence-electron chi connectivity index (χ3n) is 13.3. The van der Waals surface area contributed by atoms with E-state index in [1.807, 2.05) is 31.2 Å². The molecule has 0 spiro atoms. The molecule has 4 heteroatoms. The van der Waals surface area contributed by atoms with Crippen LogP contribution in [0.25, 0.3) is 0 Å². The number of esters is 1. The van der Waals surface area contributed by atoms with Crippen LogP contribution < -0.4 is 4.74 Å². The predicted octanol–water partition coefficient (Wildman–Crippen LogP) is 9.56. The van der Waals surface area contributed by atoms with Crippen molar-refractivity contribution in [1.82, 2.24) is 0 Å². The van der Waals surface area contributed by atoms with Gasteiger partial charge in [0.25, 0.3) is 0 Å². The molecule has 0 aliphatic heterocycles. The summed E-state index contributed by atoms with van der Waals surface area (Å²) in [6.45, 7) is 19.4. The van der Waals surface area contributed by atoms with E-state index in [1.54, 1.807) is 5.57 Å². The monoisotopic (exact) mass is 584 g/mol. The van der Waals surface area contributed by atoms with E-state index in [4.69, 9.17) is 9.47 Å². The van der Waals surface area contributed by atoms with Gasteiger partial charge in [-0.2, -0.15) is 0 Å². The molecule has 3 saturated carbocycles. The molecular weight excluding hydrogens is 532 g/mol. The highest BCUT2D eigenvalue weighted by Crippen LogP contribution is 2.75. The van der Waals surface area contributed by atoms with Crippen molar-refractivity contribution < 1.29 is 19.4 Å². The molecule has 4 nitrogen and oxygen atoms in total. The summed E-state index contributed by atoms with van der Waals surface area (Å²) in [6.07, 6.45) is 10.0. The first-order chi connectivity index (χ1) is 20.2. The molecule has 4 aliphatic rings. The van der Waals surface area contributed by atoms with Crippen molar-refractivity contribution in [3.63, 3.8) is 0 Å². The van der Waals surface area contributed by atoms with Crippen LogP contribution in [0.5, 0.6) is 11.5 Å². The molecular formula is C39H52O4. The van der Waals surface area contributed by atoms with Crippen LogP contribution in [-0.4, -0.2) is 17.7 Å². The van der Waals surface area contributed by atoms with Crippen molar-refractivity contribution in [3.05, 3.63) is 70.3 Å². The third kappa shape index (κ3) is 4.32. The second-order valence-corrected chi connectivity index (χ2v) is 15.7. The maximum absolute atomic E-state index is 13.3. The van der Waals surface area contributed by atoms with Crippen LogP contribution >= 0.6 is 0 Å². The highest BCUT2D eigenvalue weighted by atomic mass is 16.5. The van der Waals surface area contributed by atoms with Crippen molar-refractivity contribution in [2.45, 2.75) is 118 Å². The van der Waals surface area contributed by atoms with E-state index in [1.165, 1.54) is 24.0 Å². The molecule has 4 aliphatic carbocycles. The number of benzene rings is 2. The minimum Gasteiger partial charge on any atom is -0.504 e. The van der Waals surface area contributed by atoms with Crippen molar-refractivity contribution in [1.29, 1.82) is 0 Å². The minimum atomic E-state index is -0.415. The number of hydrogen-bond donors (Lipinski definition) is 1. The van der Waals surface area contributed by atoms with Gasteiger partial charge < -0.3 is 14.6 Å². The van der Waals surface area contributed by atoms with E-state index in [0.717, 1.165) is 43.2 Å². The summed E-state index contributed by atoms with van der Waals surface area (Å²) in [5.41, 5.74) is 6.05. The van der Waals surface area contributed by atoms with Gasteiger partial charge in [-0.15, -0.1) is 0 Å². The first-order valence-electron chi connectivity index (χ1n) is 16.7. The zero-order chi connectivity index (χ0) is 31.0. The molecule has 0 saturated heterocycles. The fourth-order valence-electron chi connectivity index (χ4n) is 10.4. The predicted molar refractivity (Wildman–Crippen MR) is 172 cm³/mol. The summed E-state index contributed by atoms with van der Waals surface area (Å²) in [4.78, 5) is 13.3. The molecule has 0 heterocycles. The van der Waals surface area contributed by atoms with Gasteiger partial charge in [-0.1, -0.05) is 76.6 Å². The maximum atomic E-state index is 13.3. The molecule has 0 aromatic heterocycles. The van der Waals surface area contributed by atoms with E-state index in [9.17, 15) is 9.90 Å². The first kappa shape index (κ1) is 30.3. The highest BCUT2D eigenvalue weighted by Gasteiger charge is 2.67. The maximum Gasteiger partial charge on any atom is 0.311 e. The number of hydrogen-bond acceptors (Lipinski definition) is 4. The summed E-state index contributed by atoms with van der Waals surface area (Å²) in [5, 5.41) is 11.4. The number of allylic oxidation sites excluding steroid dienone is 2. The number of aromatic hydroxyl groups is 1. The summed E-state index contributed by atoms with van der Waals surface area (Å²) in [7, 11) is 0. The Morgan fingerprint density at radius 2 is 1.67 bits per heavy atom. The molecule has 1 N–H and O–H groups in total. The molecule has 232 valence electrons. The molecule has 6 rings (SSSR count). The van der Waals surface area contributed by atoms with Gasteiger partial charge in [0.1, 0.15) is 6.61 Å². The lowest BCUT2D eigenvalue weighted by Gasteiger charge is -2.70. The normalized spacial score (nSPS) is 38.1. The Labute approximate surface area is 259 Å². The minimum absolute atomic E-state index is 0.00897. The third-order valence-corrected chi connectivity index (χ3v) is 13.3.